The van der Waals surface area contributed by atoms with Crippen molar-refractivity contribution in [2.45, 2.75) is 26.8 Å². The number of fused-ring (bicyclic) bond motifs is 1. The largest absolute Gasteiger partial charge is 0.454 e. The van der Waals surface area contributed by atoms with Crippen LogP contribution in [0.25, 0.3) is 0 Å². The summed E-state index contributed by atoms with van der Waals surface area (Å²) < 4.78 is 10.6. The fourth-order valence-electron chi connectivity index (χ4n) is 1.62. The summed E-state index contributed by atoms with van der Waals surface area (Å²) in [6.07, 6.45) is 0. The van der Waals surface area contributed by atoms with Crippen molar-refractivity contribution in [2.24, 2.45) is 5.10 Å². The second-order valence-corrected chi connectivity index (χ2v) is 4.91. The van der Waals surface area contributed by atoms with Crippen molar-refractivity contribution < 1.29 is 9.47 Å². The first-order valence-corrected chi connectivity index (χ1v) is 6.48. The molecule has 1 heterocycles. The van der Waals surface area contributed by atoms with Gasteiger partial charge in [0.25, 0.3) is 0 Å². The van der Waals surface area contributed by atoms with Crippen molar-refractivity contribution >= 4 is 23.0 Å². The van der Waals surface area contributed by atoms with Crippen LogP contribution in [0.1, 0.15) is 26.3 Å². The molecule has 6 heteroatoms. The summed E-state index contributed by atoms with van der Waals surface area (Å²) >= 11 is 5.10. The minimum atomic E-state index is 0.273. The summed E-state index contributed by atoms with van der Waals surface area (Å²) in [5.74, 6) is 1.51. The van der Waals surface area contributed by atoms with Gasteiger partial charge in [-0.25, -0.2) is 0 Å². The average Bonchev–Trinajstić information content (AvgIpc) is 2.82. The van der Waals surface area contributed by atoms with Gasteiger partial charge in [0.1, 0.15) is 0 Å². The Kier molecular flexibility index (Phi) is 4.21. The molecule has 0 unspecified atom stereocenters. The molecule has 0 atom stereocenters. The molecule has 0 aromatic heterocycles. The van der Waals surface area contributed by atoms with Crippen molar-refractivity contribution in [2.75, 3.05) is 6.79 Å². The zero-order valence-electron chi connectivity index (χ0n) is 11.2. The van der Waals surface area contributed by atoms with Crippen LogP contribution in [-0.4, -0.2) is 23.7 Å². The van der Waals surface area contributed by atoms with Gasteiger partial charge in [-0.1, -0.05) is 0 Å². The highest BCUT2D eigenvalue weighted by atomic mass is 32.1. The average molecular weight is 279 g/mol. The second-order valence-electron chi connectivity index (χ2n) is 4.51. The lowest BCUT2D eigenvalue weighted by molar-refractivity contribution is 0.174. The zero-order valence-corrected chi connectivity index (χ0v) is 12.0. The topological polar surface area (TPSA) is 54.9 Å². The van der Waals surface area contributed by atoms with Crippen molar-refractivity contribution in [1.82, 2.24) is 10.7 Å². The van der Waals surface area contributed by atoms with Crippen molar-refractivity contribution in [1.29, 1.82) is 0 Å². The van der Waals surface area contributed by atoms with E-state index in [-0.39, 0.29) is 12.8 Å². The van der Waals surface area contributed by atoms with Crippen LogP contribution in [0.2, 0.25) is 0 Å². The third kappa shape index (κ3) is 3.57. The molecule has 5 nitrogen and oxygen atoms in total. The lowest BCUT2D eigenvalue weighted by atomic mass is 10.1. The molecule has 1 aliphatic rings. The van der Waals surface area contributed by atoms with E-state index >= 15 is 0 Å². The molecule has 2 N–H and O–H groups in total. The zero-order chi connectivity index (χ0) is 13.8. The SMILES string of the molecule is C/C(=N\NC(=S)NC(C)C)c1ccc2c(c1)OCO2. The molecule has 0 saturated carbocycles. The molecule has 0 amide bonds. The Morgan fingerprint density at radius 3 is 2.79 bits per heavy atom. The van der Waals surface area contributed by atoms with Crippen LogP contribution in [-0.2, 0) is 0 Å². The van der Waals surface area contributed by atoms with Crippen LogP contribution in [0.15, 0.2) is 23.3 Å². The van der Waals surface area contributed by atoms with Gasteiger partial charge in [-0.15, -0.1) is 0 Å². The van der Waals surface area contributed by atoms with E-state index in [1.807, 2.05) is 39.0 Å². The number of rotatable bonds is 3. The van der Waals surface area contributed by atoms with Gasteiger partial charge in [0.05, 0.1) is 5.71 Å². The van der Waals surface area contributed by atoms with E-state index in [0.29, 0.717) is 5.11 Å². The first kappa shape index (κ1) is 13.6. The number of benzene rings is 1. The Labute approximate surface area is 118 Å². The predicted molar refractivity (Wildman–Crippen MR) is 78.8 cm³/mol. The second kappa shape index (κ2) is 5.88. The van der Waals surface area contributed by atoms with Gasteiger partial charge in [0.2, 0.25) is 6.79 Å². The van der Waals surface area contributed by atoms with Crippen LogP contribution in [0.4, 0.5) is 0 Å². The Morgan fingerprint density at radius 2 is 2.05 bits per heavy atom. The van der Waals surface area contributed by atoms with Gasteiger partial charge in [-0.2, -0.15) is 5.10 Å². The number of hydrazone groups is 1. The third-order valence-electron chi connectivity index (χ3n) is 2.54. The molecular formula is C13H17N3O2S. The smallest absolute Gasteiger partial charge is 0.231 e. The lowest BCUT2D eigenvalue weighted by Gasteiger charge is -2.10. The van der Waals surface area contributed by atoms with Gasteiger partial charge in [-0.3, -0.25) is 5.43 Å². The Morgan fingerprint density at radius 1 is 1.32 bits per heavy atom. The highest BCUT2D eigenvalue weighted by molar-refractivity contribution is 7.80. The Balaban J connectivity index is 2.03. The predicted octanol–water partition coefficient (Wildman–Crippen LogP) is 2.01. The highest BCUT2D eigenvalue weighted by Crippen LogP contribution is 2.32. The quantitative estimate of drug-likeness (QED) is 0.503. The highest BCUT2D eigenvalue weighted by Gasteiger charge is 2.13. The standard InChI is InChI=1S/C13H17N3O2S/c1-8(2)14-13(19)16-15-9(3)10-4-5-11-12(6-10)18-7-17-11/h4-6,8H,7H2,1-3H3,(H2,14,16,19)/b15-9+. The third-order valence-corrected chi connectivity index (χ3v) is 2.74. The normalized spacial score (nSPS) is 13.6. The van der Waals surface area contributed by atoms with Crippen molar-refractivity contribution in [3.63, 3.8) is 0 Å². The van der Waals surface area contributed by atoms with Crippen LogP contribution in [0.3, 0.4) is 0 Å². The van der Waals surface area contributed by atoms with Gasteiger partial charge in [0, 0.05) is 11.6 Å². The minimum absolute atomic E-state index is 0.273. The van der Waals surface area contributed by atoms with E-state index < -0.39 is 0 Å². The van der Waals surface area contributed by atoms with E-state index in [1.54, 1.807) is 0 Å². The van der Waals surface area contributed by atoms with Crippen LogP contribution < -0.4 is 20.2 Å². The summed E-state index contributed by atoms with van der Waals surface area (Å²) in [6.45, 7) is 6.21. The Hall–Kier alpha value is -1.82. The van der Waals surface area contributed by atoms with Gasteiger partial charge < -0.3 is 14.8 Å². The molecule has 0 aliphatic carbocycles. The fraction of sp³-hybridized carbons (Fsp3) is 0.385. The summed E-state index contributed by atoms with van der Waals surface area (Å²) in [5.41, 5.74) is 4.60. The maximum atomic E-state index is 5.33. The van der Waals surface area contributed by atoms with Gasteiger partial charge in [0.15, 0.2) is 16.6 Å². The van der Waals surface area contributed by atoms with Crippen molar-refractivity contribution in [3.05, 3.63) is 23.8 Å². The molecule has 102 valence electrons. The molecule has 19 heavy (non-hydrogen) atoms. The van der Waals surface area contributed by atoms with Crippen LogP contribution in [0.5, 0.6) is 11.5 Å². The molecule has 0 radical (unpaired) electrons. The number of nitrogens with zero attached hydrogens (tertiary/aromatic N) is 1. The van der Waals surface area contributed by atoms with Crippen LogP contribution in [0, 0.1) is 0 Å². The van der Waals surface area contributed by atoms with Crippen molar-refractivity contribution in [3.8, 4) is 11.5 Å². The van der Waals surface area contributed by atoms with E-state index in [4.69, 9.17) is 21.7 Å². The first-order valence-electron chi connectivity index (χ1n) is 6.07. The monoisotopic (exact) mass is 279 g/mol. The summed E-state index contributed by atoms with van der Waals surface area (Å²) in [4.78, 5) is 0. The number of nitrogens with one attached hydrogen (secondary N) is 2. The fourth-order valence-corrected chi connectivity index (χ4v) is 1.90. The number of hydrogen-bond donors (Lipinski definition) is 2. The molecule has 0 spiro atoms. The summed E-state index contributed by atoms with van der Waals surface area (Å²) in [5, 5.41) is 7.81. The number of hydrogen-bond acceptors (Lipinski definition) is 4. The molecule has 0 bridgehead atoms. The number of ether oxygens (including phenoxy) is 2. The van der Waals surface area contributed by atoms with E-state index in [0.717, 1.165) is 22.8 Å². The molecular weight excluding hydrogens is 262 g/mol. The van der Waals surface area contributed by atoms with Gasteiger partial charge >= 0.3 is 0 Å². The van der Waals surface area contributed by atoms with E-state index in [9.17, 15) is 0 Å². The minimum Gasteiger partial charge on any atom is -0.454 e. The molecule has 0 fully saturated rings. The van der Waals surface area contributed by atoms with Crippen LogP contribution >= 0.6 is 12.2 Å². The summed E-state index contributed by atoms with van der Waals surface area (Å²) in [6, 6.07) is 6.00. The molecule has 1 aromatic rings. The molecule has 2 rings (SSSR count). The number of thiocarbonyl (C=S) groups is 1. The maximum absolute atomic E-state index is 5.33. The molecule has 0 saturated heterocycles. The summed E-state index contributed by atoms with van der Waals surface area (Å²) in [7, 11) is 0. The van der Waals surface area contributed by atoms with E-state index in [1.165, 1.54) is 0 Å². The van der Waals surface area contributed by atoms with E-state index in [2.05, 4.69) is 15.8 Å². The molecule has 1 aromatic carbocycles. The lowest BCUT2D eigenvalue weighted by Crippen LogP contribution is -2.37. The molecule has 1 aliphatic heterocycles. The van der Waals surface area contributed by atoms with Gasteiger partial charge in [-0.05, 0) is 51.2 Å². The maximum Gasteiger partial charge on any atom is 0.231 e. The first-order chi connectivity index (χ1) is 9.06. The Bertz CT molecular complexity index is 515.